The Morgan fingerprint density at radius 3 is 2.95 bits per heavy atom. The van der Waals surface area contributed by atoms with Gasteiger partial charge in [0.1, 0.15) is 0 Å². The van der Waals surface area contributed by atoms with Gasteiger partial charge in [-0.15, -0.1) is 0 Å². The molecule has 2 heterocycles. The van der Waals surface area contributed by atoms with Crippen LogP contribution < -0.4 is 5.56 Å². The summed E-state index contributed by atoms with van der Waals surface area (Å²) < 4.78 is 6.64. The van der Waals surface area contributed by atoms with Gasteiger partial charge in [-0.1, -0.05) is 6.92 Å². The molecule has 2 aromatic rings. The first-order valence-corrected chi connectivity index (χ1v) is 6.50. The highest BCUT2D eigenvalue weighted by atomic mass is 32.2. The Kier molecular flexibility index (Phi) is 4.06. The van der Waals surface area contributed by atoms with Crippen LogP contribution in [0.25, 0.3) is 0 Å². The van der Waals surface area contributed by atoms with E-state index in [9.17, 15) is 9.59 Å². The van der Waals surface area contributed by atoms with E-state index in [1.165, 1.54) is 12.1 Å². The summed E-state index contributed by atoms with van der Waals surface area (Å²) in [4.78, 5) is 26.7. The molecule has 19 heavy (non-hydrogen) atoms. The van der Waals surface area contributed by atoms with E-state index in [0.29, 0.717) is 11.6 Å². The summed E-state index contributed by atoms with van der Waals surface area (Å²) in [5.74, 6) is -1.30. The number of carboxylic acid groups (broad SMARTS) is 1. The minimum atomic E-state index is -1.14. The summed E-state index contributed by atoms with van der Waals surface area (Å²) in [6.07, 6.45) is 4.01. The van der Waals surface area contributed by atoms with Gasteiger partial charge in [0.2, 0.25) is 5.76 Å². The number of nitrogens with zero attached hydrogens (tertiary/aromatic N) is 2. The van der Waals surface area contributed by atoms with Crippen LogP contribution in [0.1, 0.15) is 23.9 Å². The maximum absolute atomic E-state index is 12.0. The van der Waals surface area contributed by atoms with E-state index in [1.807, 2.05) is 6.92 Å². The number of hydrogen-bond acceptors (Lipinski definition) is 5. The molecule has 0 fully saturated rings. The van der Waals surface area contributed by atoms with E-state index in [0.717, 1.165) is 18.2 Å². The number of aryl methyl sites for hydroxylation is 1. The average Bonchev–Trinajstić information content (AvgIpc) is 2.83. The van der Waals surface area contributed by atoms with Gasteiger partial charge in [0.25, 0.3) is 5.56 Å². The minimum Gasteiger partial charge on any atom is -0.475 e. The largest absolute Gasteiger partial charge is 0.475 e. The summed E-state index contributed by atoms with van der Waals surface area (Å²) in [7, 11) is 0. The highest BCUT2D eigenvalue weighted by Crippen LogP contribution is 2.25. The predicted octanol–water partition coefficient (Wildman–Crippen LogP) is 2.10. The number of carbonyl (C=O) groups is 1. The Morgan fingerprint density at radius 2 is 2.32 bits per heavy atom. The maximum Gasteiger partial charge on any atom is 0.371 e. The van der Waals surface area contributed by atoms with Gasteiger partial charge in [-0.2, -0.15) is 0 Å². The van der Waals surface area contributed by atoms with E-state index in [1.54, 1.807) is 17.0 Å². The average molecular weight is 280 g/mol. The normalized spacial score (nSPS) is 10.6. The predicted molar refractivity (Wildman–Crippen MR) is 68.6 cm³/mol. The molecule has 2 rings (SSSR count). The first kappa shape index (κ1) is 13.4. The fourth-order valence-electron chi connectivity index (χ4n) is 1.50. The van der Waals surface area contributed by atoms with Crippen molar-refractivity contribution in [3.8, 4) is 0 Å². The molecule has 6 nitrogen and oxygen atoms in total. The number of aromatic nitrogens is 2. The molecule has 0 radical (unpaired) electrons. The third-order valence-corrected chi connectivity index (χ3v) is 3.23. The van der Waals surface area contributed by atoms with Crippen molar-refractivity contribution in [2.24, 2.45) is 0 Å². The second-order valence-corrected chi connectivity index (χ2v) is 4.75. The van der Waals surface area contributed by atoms with Crippen molar-refractivity contribution >= 4 is 17.7 Å². The molecular weight excluding hydrogens is 268 g/mol. The second-order valence-electron chi connectivity index (χ2n) is 3.76. The van der Waals surface area contributed by atoms with E-state index >= 15 is 0 Å². The second kappa shape index (κ2) is 5.75. The molecule has 0 aliphatic heterocycles. The molecule has 0 saturated heterocycles. The molecule has 0 atom stereocenters. The lowest BCUT2D eigenvalue weighted by Crippen LogP contribution is -2.21. The smallest absolute Gasteiger partial charge is 0.371 e. The van der Waals surface area contributed by atoms with Gasteiger partial charge in [-0.25, -0.2) is 9.78 Å². The monoisotopic (exact) mass is 280 g/mol. The number of aromatic carboxylic acids is 1. The highest BCUT2D eigenvalue weighted by molar-refractivity contribution is 7.99. The van der Waals surface area contributed by atoms with Crippen molar-refractivity contribution in [1.29, 1.82) is 0 Å². The Labute approximate surface area is 113 Å². The van der Waals surface area contributed by atoms with Crippen LogP contribution in [-0.2, 0) is 6.54 Å². The third kappa shape index (κ3) is 3.05. The Hall–Kier alpha value is -2.02. The molecule has 2 aromatic heterocycles. The molecule has 0 saturated carbocycles. The van der Waals surface area contributed by atoms with Gasteiger partial charge >= 0.3 is 5.97 Å². The van der Waals surface area contributed by atoms with Crippen molar-refractivity contribution < 1.29 is 14.3 Å². The number of hydrogen-bond donors (Lipinski definition) is 1. The van der Waals surface area contributed by atoms with Crippen molar-refractivity contribution in [3.05, 3.63) is 40.6 Å². The first-order valence-electron chi connectivity index (χ1n) is 5.68. The molecule has 0 spiro atoms. The topological polar surface area (TPSA) is 85.3 Å². The number of furan rings is 1. The molecule has 0 unspecified atom stereocenters. The Morgan fingerprint density at radius 1 is 1.53 bits per heavy atom. The molecule has 0 aromatic carbocycles. The molecule has 100 valence electrons. The van der Waals surface area contributed by atoms with Crippen LogP contribution in [-0.4, -0.2) is 20.6 Å². The van der Waals surface area contributed by atoms with Gasteiger partial charge in [0, 0.05) is 18.9 Å². The van der Waals surface area contributed by atoms with Crippen molar-refractivity contribution in [3.63, 3.8) is 0 Å². The molecular formula is C12H12N2O4S. The van der Waals surface area contributed by atoms with Gasteiger partial charge in [0.05, 0.1) is 0 Å². The van der Waals surface area contributed by atoms with E-state index in [-0.39, 0.29) is 16.3 Å². The van der Waals surface area contributed by atoms with Crippen molar-refractivity contribution in [2.45, 2.75) is 30.0 Å². The van der Waals surface area contributed by atoms with Crippen molar-refractivity contribution in [1.82, 2.24) is 9.55 Å². The number of carboxylic acids is 1. The maximum atomic E-state index is 12.0. The lowest BCUT2D eigenvalue weighted by atomic mass is 10.5. The summed E-state index contributed by atoms with van der Waals surface area (Å²) in [5, 5.41) is 9.34. The SMILES string of the molecule is CCCn1ccnc(Sc2ccc(C(=O)O)o2)c1=O. The minimum absolute atomic E-state index is 0.160. The summed E-state index contributed by atoms with van der Waals surface area (Å²) in [6.45, 7) is 2.60. The van der Waals surface area contributed by atoms with E-state index in [2.05, 4.69) is 4.98 Å². The fourth-order valence-corrected chi connectivity index (χ4v) is 2.28. The third-order valence-electron chi connectivity index (χ3n) is 2.34. The van der Waals surface area contributed by atoms with Crippen LogP contribution in [0.2, 0.25) is 0 Å². The number of rotatable bonds is 5. The molecule has 1 N–H and O–H groups in total. The molecule has 0 aliphatic carbocycles. The summed E-state index contributed by atoms with van der Waals surface area (Å²) >= 11 is 1.02. The lowest BCUT2D eigenvalue weighted by Gasteiger charge is -2.04. The van der Waals surface area contributed by atoms with Crippen LogP contribution in [0.3, 0.4) is 0 Å². The fraction of sp³-hybridized carbons (Fsp3) is 0.250. The van der Waals surface area contributed by atoms with Crippen LogP contribution in [0.4, 0.5) is 0 Å². The zero-order valence-corrected chi connectivity index (χ0v) is 11.0. The van der Waals surface area contributed by atoms with Crippen molar-refractivity contribution in [2.75, 3.05) is 0 Å². The Bertz CT molecular complexity index is 647. The molecule has 0 bridgehead atoms. The van der Waals surface area contributed by atoms with Crippen LogP contribution >= 0.6 is 11.8 Å². The standard InChI is InChI=1S/C12H12N2O4S/c1-2-6-14-7-5-13-10(11(14)15)19-9-4-3-8(18-9)12(16)17/h3-5,7H,2,6H2,1H3,(H,16,17). The van der Waals surface area contributed by atoms with Gasteiger partial charge in [-0.3, -0.25) is 4.79 Å². The van der Waals surface area contributed by atoms with E-state index in [4.69, 9.17) is 9.52 Å². The summed E-state index contributed by atoms with van der Waals surface area (Å²) in [6, 6.07) is 2.85. The molecule has 0 aliphatic rings. The molecule has 7 heteroatoms. The van der Waals surface area contributed by atoms with Gasteiger partial charge in [0.15, 0.2) is 10.1 Å². The van der Waals surface area contributed by atoms with Crippen LogP contribution in [0.5, 0.6) is 0 Å². The van der Waals surface area contributed by atoms with Gasteiger partial charge < -0.3 is 14.1 Å². The van der Waals surface area contributed by atoms with E-state index < -0.39 is 5.97 Å². The summed E-state index contributed by atoms with van der Waals surface area (Å²) in [5.41, 5.74) is -0.206. The zero-order valence-electron chi connectivity index (χ0n) is 10.2. The van der Waals surface area contributed by atoms with Gasteiger partial charge in [-0.05, 0) is 30.3 Å². The Balaban J connectivity index is 2.25. The molecule has 0 amide bonds. The lowest BCUT2D eigenvalue weighted by molar-refractivity contribution is 0.0656. The first-order chi connectivity index (χ1) is 9.11. The van der Waals surface area contributed by atoms with Crippen LogP contribution in [0, 0.1) is 0 Å². The van der Waals surface area contributed by atoms with Crippen LogP contribution in [0.15, 0.2) is 43.9 Å². The quantitative estimate of drug-likeness (QED) is 0.902. The highest BCUT2D eigenvalue weighted by Gasteiger charge is 2.13. The zero-order chi connectivity index (χ0) is 13.8.